The van der Waals surface area contributed by atoms with Gasteiger partial charge in [0.15, 0.2) is 11.5 Å². The fraction of sp³-hybridized carbons (Fsp3) is 0.412. The number of aromatic nitrogens is 6. The van der Waals surface area contributed by atoms with Crippen molar-refractivity contribution in [2.75, 3.05) is 36.0 Å². The number of nitrogens with zero attached hydrogens (tertiary/aromatic N) is 8. The van der Waals surface area contributed by atoms with Crippen molar-refractivity contribution in [3.8, 4) is 0 Å². The summed E-state index contributed by atoms with van der Waals surface area (Å²) in [5, 5.41) is 13.6. The predicted molar refractivity (Wildman–Crippen MR) is 101 cm³/mol. The van der Waals surface area contributed by atoms with Crippen LogP contribution in [-0.4, -0.2) is 62.0 Å². The van der Waals surface area contributed by atoms with Gasteiger partial charge in [0, 0.05) is 33.2 Å². The lowest BCUT2D eigenvalue weighted by molar-refractivity contribution is 0.0999. The highest BCUT2D eigenvalue weighted by atomic mass is 16.1. The second kappa shape index (κ2) is 6.45. The number of fused-ring (bicyclic) bond motifs is 1. The van der Waals surface area contributed by atoms with E-state index < -0.39 is 5.91 Å². The van der Waals surface area contributed by atoms with E-state index >= 15 is 0 Å². The van der Waals surface area contributed by atoms with Gasteiger partial charge in [0.2, 0.25) is 0 Å². The van der Waals surface area contributed by atoms with Gasteiger partial charge in [-0.05, 0) is 19.4 Å². The van der Waals surface area contributed by atoms with Crippen LogP contribution in [0.25, 0.3) is 11.0 Å². The maximum atomic E-state index is 12.0. The maximum Gasteiger partial charge on any atom is 0.252 e. The zero-order valence-corrected chi connectivity index (χ0v) is 15.5. The van der Waals surface area contributed by atoms with E-state index in [1.165, 1.54) is 0 Å². The second-order valence-electron chi connectivity index (χ2n) is 6.65. The van der Waals surface area contributed by atoms with Crippen LogP contribution in [0.4, 0.5) is 11.6 Å². The molecule has 3 aromatic rings. The SMILES string of the molecule is Cc1nnc(N2CCN(c3ncnc4c3cnn4C)CC2)c(C(N)=O)c1C. The van der Waals surface area contributed by atoms with Crippen LogP contribution in [0.3, 0.4) is 0 Å². The van der Waals surface area contributed by atoms with Crippen LogP contribution in [0.1, 0.15) is 21.6 Å². The molecule has 0 bridgehead atoms. The van der Waals surface area contributed by atoms with Crippen molar-refractivity contribution in [1.29, 1.82) is 0 Å². The smallest absolute Gasteiger partial charge is 0.252 e. The number of hydrogen-bond donors (Lipinski definition) is 1. The van der Waals surface area contributed by atoms with E-state index in [0.717, 1.165) is 35.5 Å². The number of carbonyl (C=O) groups is 1. The monoisotopic (exact) mass is 367 g/mol. The molecule has 1 aliphatic rings. The fourth-order valence-corrected chi connectivity index (χ4v) is 3.44. The molecule has 3 aromatic heterocycles. The lowest BCUT2D eigenvalue weighted by Gasteiger charge is -2.36. The summed E-state index contributed by atoms with van der Waals surface area (Å²) in [5.74, 6) is 0.948. The lowest BCUT2D eigenvalue weighted by Crippen LogP contribution is -2.48. The number of aryl methyl sites for hydroxylation is 2. The normalized spacial score (nSPS) is 14.8. The first-order chi connectivity index (χ1) is 13.0. The molecule has 140 valence electrons. The number of hydrogen-bond acceptors (Lipinski definition) is 8. The highest BCUT2D eigenvalue weighted by Gasteiger charge is 2.26. The molecule has 4 rings (SSSR count). The number of primary amides is 1. The van der Waals surface area contributed by atoms with Crippen molar-refractivity contribution in [3.05, 3.63) is 29.3 Å². The number of nitrogens with two attached hydrogens (primary N) is 1. The van der Waals surface area contributed by atoms with Crippen molar-refractivity contribution >= 4 is 28.6 Å². The Balaban J connectivity index is 1.60. The molecular formula is C17H21N9O. The molecule has 2 N–H and O–H groups in total. The topological polar surface area (TPSA) is 119 Å². The molecule has 0 unspecified atom stereocenters. The van der Waals surface area contributed by atoms with Crippen LogP contribution >= 0.6 is 0 Å². The Morgan fingerprint density at radius 3 is 2.37 bits per heavy atom. The van der Waals surface area contributed by atoms with Crippen LogP contribution < -0.4 is 15.5 Å². The first-order valence-corrected chi connectivity index (χ1v) is 8.73. The summed E-state index contributed by atoms with van der Waals surface area (Å²) in [7, 11) is 1.86. The van der Waals surface area contributed by atoms with Gasteiger partial charge in [-0.2, -0.15) is 10.2 Å². The van der Waals surface area contributed by atoms with Crippen LogP contribution in [0.5, 0.6) is 0 Å². The van der Waals surface area contributed by atoms with Gasteiger partial charge in [-0.15, -0.1) is 5.10 Å². The summed E-state index contributed by atoms with van der Waals surface area (Å²) in [6.45, 7) is 6.50. The Morgan fingerprint density at radius 1 is 1.04 bits per heavy atom. The molecule has 0 aromatic carbocycles. The Hall–Kier alpha value is -3.30. The second-order valence-corrected chi connectivity index (χ2v) is 6.65. The van der Waals surface area contributed by atoms with Gasteiger partial charge >= 0.3 is 0 Å². The molecule has 0 aliphatic carbocycles. The molecule has 0 saturated carbocycles. The van der Waals surface area contributed by atoms with Crippen LogP contribution in [-0.2, 0) is 7.05 Å². The van der Waals surface area contributed by atoms with E-state index in [2.05, 4.69) is 35.1 Å². The van der Waals surface area contributed by atoms with E-state index in [1.807, 2.05) is 20.9 Å². The van der Waals surface area contributed by atoms with Gasteiger partial charge in [-0.1, -0.05) is 0 Å². The third-order valence-corrected chi connectivity index (χ3v) is 5.07. The predicted octanol–water partition coefficient (Wildman–Crippen LogP) is 0.196. The van der Waals surface area contributed by atoms with Gasteiger partial charge in [-0.25, -0.2) is 9.97 Å². The molecule has 0 atom stereocenters. The Bertz CT molecular complexity index is 1020. The Morgan fingerprint density at radius 2 is 1.70 bits per heavy atom. The molecule has 1 fully saturated rings. The molecule has 1 saturated heterocycles. The quantitative estimate of drug-likeness (QED) is 0.697. The number of rotatable bonds is 3. The third kappa shape index (κ3) is 2.82. The third-order valence-electron chi connectivity index (χ3n) is 5.07. The van der Waals surface area contributed by atoms with Crippen LogP contribution in [0.2, 0.25) is 0 Å². The number of piperazine rings is 1. The minimum absolute atomic E-state index is 0.452. The minimum Gasteiger partial charge on any atom is -0.365 e. The van der Waals surface area contributed by atoms with Crippen molar-refractivity contribution in [2.45, 2.75) is 13.8 Å². The van der Waals surface area contributed by atoms with Gasteiger partial charge < -0.3 is 15.5 Å². The van der Waals surface area contributed by atoms with E-state index in [9.17, 15) is 4.79 Å². The Kier molecular flexibility index (Phi) is 4.09. The van der Waals surface area contributed by atoms with E-state index in [-0.39, 0.29) is 0 Å². The van der Waals surface area contributed by atoms with Gasteiger partial charge in [0.25, 0.3) is 5.91 Å². The van der Waals surface area contributed by atoms with Crippen molar-refractivity contribution in [1.82, 2.24) is 29.9 Å². The van der Waals surface area contributed by atoms with Gasteiger partial charge in [0.05, 0.1) is 22.8 Å². The van der Waals surface area contributed by atoms with Gasteiger partial charge in [0.1, 0.15) is 12.1 Å². The average molecular weight is 367 g/mol. The lowest BCUT2D eigenvalue weighted by atomic mass is 10.1. The standard InChI is InChI=1S/C17H21N9O/c1-10-11(2)22-23-17(13(10)14(18)27)26-6-4-25(5-7-26)16-12-8-21-24(3)15(12)19-9-20-16/h8-9H,4-7H2,1-3H3,(H2,18,27). The van der Waals surface area contributed by atoms with Gasteiger partial charge in [-0.3, -0.25) is 9.48 Å². The summed E-state index contributed by atoms with van der Waals surface area (Å²) >= 11 is 0. The highest BCUT2D eigenvalue weighted by Crippen LogP contribution is 2.26. The molecule has 0 radical (unpaired) electrons. The zero-order chi connectivity index (χ0) is 19.1. The summed E-state index contributed by atoms with van der Waals surface area (Å²) in [5.41, 5.74) is 8.35. The van der Waals surface area contributed by atoms with E-state index in [4.69, 9.17) is 5.73 Å². The van der Waals surface area contributed by atoms with Crippen molar-refractivity contribution in [2.24, 2.45) is 12.8 Å². The molecule has 1 aliphatic heterocycles. The molecule has 27 heavy (non-hydrogen) atoms. The molecule has 4 heterocycles. The summed E-state index contributed by atoms with van der Waals surface area (Å²) < 4.78 is 1.74. The largest absolute Gasteiger partial charge is 0.365 e. The molecule has 1 amide bonds. The average Bonchev–Trinajstić information content (AvgIpc) is 3.05. The van der Waals surface area contributed by atoms with E-state index in [0.29, 0.717) is 30.2 Å². The van der Waals surface area contributed by atoms with Crippen LogP contribution in [0.15, 0.2) is 12.5 Å². The molecule has 10 nitrogen and oxygen atoms in total. The summed E-state index contributed by atoms with van der Waals surface area (Å²) in [6, 6.07) is 0. The molecular weight excluding hydrogens is 346 g/mol. The number of amides is 1. The molecule has 0 spiro atoms. The summed E-state index contributed by atoms with van der Waals surface area (Å²) in [4.78, 5) is 25.0. The number of carbonyl (C=O) groups excluding carboxylic acids is 1. The number of anilines is 2. The summed E-state index contributed by atoms with van der Waals surface area (Å²) in [6.07, 6.45) is 3.35. The van der Waals surface area contributed by atoms with Crippen LogP contribution in [0, 0.1) is 13.8 Å². The molecule has 10 heteroatoms. The fourth-order valence-electron chi connectivity index (χ4n) is 3.44. The van der Waals surface area contributed by atoms with Crippen molar-refractivity contribution < 1.29 is 4.79 Å². The first-order valence-electron chi connectivity index (χ1n) is 8.73. The highest BCUT2D eigenvalue weighted by molar-refractivity contribution is 5.99. The van der Waals surface area contributed by atoms with Crippen molar-refractivity contribution in [3.63, 3.8) is 0 Å². The zero-order valence-electron chi connectivity index (χ0n) is 15.5. The maximum absolute atomic E-state index is 12.0. The minimum atomic E-state index is -0.476. The van der Waals surface area contributed by atoms with E-state index in [1.54, 1.807) is 17.2 Å². The first kappa shape index (κ1) is 17.1. The Labute approximate surface area is 156 Å².